The Balaban J connectivity index is 2.04. The van der Waals surface area contributed by atoms with E-state index < -0.39 is 16.8 Å². The molecule has 0 radical (unpaired) electrons. The number of carbonyl (C=O) groups is 2. The van der Waals surface area contributed by atoms with Gasteiger partial charge in [0.05, 0.1) is 5.56 Å². The van der Waals surface area contributed by atoms with Crippen molar-refractivity contribution in [2.75, 3.05) is 11.6 Å². The molecule has 132 valence electrons. The summed E-state index contributed by atoms with van der Waals surface area (Å²) in [5, 5.41) is 12.0. The number of aryl methyl sites for hydroxylation is 1. The molecule has 2 rings (SSSR count). The quantitative estimate of drug-likeness (QED) is 0.795. The fraction of sp³-hybridized carbons (Fsp3) is 0.263. The molecule has 2 N–H and O–H groups in total. The Morgan fingerprint density at radius 3 is 2.44 bits per heavy atom. The Morgan fingerprint density at radius 2 is 1.76 bits per heavy atom. The van der Waals surface area contributed by atoms with Gasteiger partial charge in [-0.05, 0) is 42.2 Å². The largest absolute Gasteiger partial charge is 0.478 e. The summed E-state index contributed by atoms with van der Waals surface area (Å²) in [4.78, 5) is 23.4. The molecule has 2 aromatic carbocycles. The molecule has 0 aromatic heterocycles. The molecule has 0 spiro atoms. The number of nitrogens with one attached hydrogen (secondary N) is 1. The summed E-state index contributed by atoms with van der Waals surface area (Å²) < 4.78 is 11.4. The minimum Gasteiger partial charge on any atom is -0.478 e. The summed E-state index contributed by atoms with van der Waals surface area (Å²) in [6.07, 6.45) is 2.18. The second kappa shape index (κ2) is 8.58. The highest BCUT2D eigenvalue weighted by atomic mass is 32.2. The maximum absolute atomic E-state index is 12.2. The molecule has 0 aliphatic rings. The fourth-order valence-electron chi connectivity index (χ4n) is 2.60. The summed E-state index contributed by atoms with van der Waals surface area (Å²) in [5.41, 5.74) is 3.39. The molecular formula is C19H21NO4S. The highest BCUT2D eigenvalue weighted by molar-refractivity contribution is 7.83. The van der Waals surface area contributed by atoms with Crippen molar-refractivity contribution in [3.63, 3.8) is 0 Å². The number of carboxylic acid groups (broad SMARTS) is 1. The van der Waals surface area contributed by atoms with Crippen LogP contribution in [0.3, 0.4) is 0 Å². The van der Waals surface area contributed by atoms with E-state index >= 15 is 0 Å². The third-order valence-corrected chi connectivity index (χ3v) is 4.67. The molecule has 2 aromatic rings. The van der Waals surface area contributed by atoms with Crippen LogP contribution in [0, 0.1) is 6.92 Å². The van der Waals surface area contributed by atoms with E-state index in [0.29, 0.717) is 23.4 Å². The minimum absolute atomic E-state index is 0.182. The Morgan fingerprint density at radius 1 is 1.08 bits per heavy atom. The highest BCUT2D eigenvalue weighted by Gasteiger charge is 2.12. The van der Waals surface area contributed by atoms with Gasteiger partial charge in [0.2, 0.25) is 5.91 Å². The van der Waals surface area contributed by atoms with Crippen LogP contribution in [0.2, 0.25) is 0 Å². The zero-order valence-corrected chi connectivity index (χ0v) is 15.1. The molecule has 1 amide bonds. The lowest BCUT2D eigenvalue weighted by Crippen LogP contribution is -2.14. The second-order valence-electron chi connectivity index (χ2n) is 5.82. The molecule has 25 heavy (non-hydrogen) atoms. The molecule has 0 aliphatic carbocycles. The van der Waals surface area contributed by atoms with Gasteiger partial charge in [0.15, 0.2) is 0 Å². The van der Waals surface area contributed by atoms with Gasteiger partial charge in [-0.1, -0.05) is 30.3 Å². The van der Waals surface area contributed by atoms with Crippen molar-refractivity contribution in [1.29, 1.82) is 0 Å². The normalized spacial score (nSPS) is 11.8. The smallest absolute Gasteiger partial charge is 0.335 e. The summed E-state index contributed by atoms with van der Waals surface area (Å²) in [5.74, 6) is -0.730. The van der Waals surface area contributed by atoms with Crippen molar-refractivity contribution in [3.8, 4) is 0 Å². The number of hydrogen-bond donors (Lipinski definition) is 2. The van der Waals surface area contributed by atoms with E-state index in [1.165, 1.54) is 6.07 Å². The van der Waals surface area contributed by atoms with Gasteiger partial charge in [-0.2, -0.15) is 0 Å². The van der Waals surface area contributed by atoms with Crippen LogP contribution in [0.15, 0.2) is 42.5 Å². The molecule has 5 nitrogen and oxygen atoms in total. The molecule has 0 saturated heterocycles. The molecule has 0 fully saturated rings. The third-order valence-electron chi connectivity index (χ3n) is 3.95. The zero-order chi connectivity index (χ0) is 18.4. The highest BCUT2D eigenvalue weighted by Crippen LogP contribution is 2.20. The van der Waals surface area contributed by atoms with Crippen molar-refractivity contribution in [1.82, 2.24) is 0 Å². The lowest BCUT2D eigenvalue weighted by atomic mass is 10.0. The first-order valence-corrected chi connectivity index (χ1v) is 9.60. The minimum atomic E-state index is -0.993. The average Bonchev–Trinajstić information content (AvgIpc) is 2.56. The van der Waals surface area contributed by atoms with E-state index in [-0.39, 0.29) is 17.9 Å². The summed E-state index contributed by atoms with van der Waals surface area (Å²) in [6.45, 7) is 1.89. The number of rotatable bonds is 7. The van der Waals surface area contributed by atoms with Gasteiger partial charge in [0, 0.05) is 34.9 Å². The SMILES string of the molecule is Cc1c(CS(C)=O)cccc1NC(=O)CCc1ccccc1C(=O)O. The van der Waals surface area contributed by atoms with Crippen LogP contribution in [0.25, 0.3) is 0 Å². The number of carboxylic acids is 1. The van der Waals surface area contributed by atoms with Crippen molar-refractivity contribution >= 4 is 28.4 Å². The van der Waals surface area contributed by atoms with E-state index in [1.54, 1.807) is 30.5 Å². The topological polar surface area (TPSA) is 83.5 Å². The Labute approximate surface area is 149 Å². The number of carbonyl (C=O) groups excluding carboxylic acids is 1. The van der Waals surface area contributed by atoms with Gasteiger partial charge in [0.25, 0.3) is 0 Å². The van der Waals surface area contributed by atoms with E-state index in [2.05, 4.69) is 5.32 Å². The van der Waals surface area contributed by atoms with Crippen LogP contribution in [0.4, 0.5) is 5.69 Å². The molecule has 0 bridgehead atoms. The van der Waals surface area contributed by atoms with Crippen LogP contribution in [-0.2, 0) is 27.8 Å². The van der Waals surface area contributed by atoms with Crippen LogP contribution in [0.5, 0.6) is 0 Å². The summed E-state index contributed by atoms with van der Waals surface area (Å²) >= 11 is 0. The Bertz CT molecular complexity index is 817. The van der Waals surface area contributed by atoms with Crippen molar-refractivity contribution in [2.24, 2.45) is 0 Å². The molecule has 1 unspecified atom stereocenters. The lowest BCUT2D eigenvalue weighted by Gasteiger charge is -2.12. The fourth-order valence-corrected chi connectivity index (χ4v) is 3.35. The first-order valence-electron chi connectivity index (χ1n) is 7.88. The third kappa shape index (κ3) is 5.26. The van der Waals surface area contributed by atoms with Gasteiger partial charge in [0.1, 0.15) is 0 Å². The van der Waals surface area contributed by atoms with Crippen LogP contribution in [-0.4, -0.2) is 27.4 Å². The van der Waals surface area contributed by atoms with Gasteiger partial charge in [-0.15, -0.1) is 0 Å². The van der Waals surface area contributed by atoms with E-state index in [4.69, 9.17) is 0 Å². The van der Waals surface area contributed by atoms with Crippen molar-refractivity contribution in [2.45, 2.75) is 25.5 Å². The first kappa shape index (κ1) is 18.9. The molecule has 6 heteroatoms. The molecule has 0 heterocycles. The maximum Gasteiger partial charge on any atom is 0.335 e. The van der Waals surface area contributed by atoms with E-state index in [0.717, 1.165) is 11.1 Å². The Kier molecular flexibility index (Phi) is 6.47. The number of anilines is 1. The average molecular weight is 359 g/mol. The van der Waals surface area contributed by atoms with Gasteiger partial charge < -0.3 is 10.4 Å². The van der Waals surface area contributed by atoms with Crippen LogP contribution < -0.4 is 5.32 Å². The molecular weight excluding hydrogens is 338 g/mol. The predicted octanol–water partition coefficient (Wildman–Crippen LogP) is 3.14. The maximum atomic E-state index is 12.2. The van der Waals surface area contributed by atoms with Crippen LogP contribution >= 0.6 is 0 Å². The molecule has 1 atom stereocenters. The van der Waals surface area contributed by atoms with Gasteiger partial charge >= 0.3 is 5.97 Å². The van der Waals surface area contributed by atoms with E-state index in [1.807, 2.05) is 19.1 Å². The van der Waals surface area contributed by atoms with E-state index in [9.17, 15) is 18.9 Å². The summed E-state index contributed by atoms with van der Waals surface area (Å²) in [7, 11) is -0.952. The zero-order valence-electron chi connectivity index (χ0n) is 14.2. The van der Waals surface area contributed by atoms with Crippen molar-refractivity contribution in [3.05, 3.63) is 64.7 Å². The standard InChI is InChI=1S/C19H21NO4S/c1-13-15(12-25(2)24)7-5-9-17(13)20-18(21)11-10-14-6-3-4-8-16(14)19(22)23/h3-9H,10-12H2,1-2H3,(H,20,21)(H,22,23). The molecule has 0 saturated carbocycles. The number of benzene rings is 2. The second-order valence-corrected chi connectivity index (χ2v) is 7.25. The first-order chi connectivity index (χ1) is 11.9. The number of hydrogen-bond acceptors (Lipinski definition) is 3. The van der Waals surface area contributed by atoms with Gasteiger partial charge in [-0.25, -0.2) is 4.79 Å². The van der Waals surface area contributed by atoms with Crippen molar-refractivity contribution < 1.29 is 18.9 Å². The van der Waals surface area contributed by atoms with Crippen LogP contribution in [0.1, 0.15) is 33.5 Å². The lowest BCUT2D eigenvalue weighted by molar-refractivity contribution is -0.116. The predicted molar refractivity (Wildman–Crippen MR) is 99.3 cm³/mol. The Hall–Kier alpha value is -2.47. The monoisotopic (exact) mass is 359 g/mol. The number of aromatic carboxylic acids is 1. The summed E-state index contributed by atoms with van der Waals surface area (Å²) in [6, 6.07) is 12.2. The molecule has 0 aliphatic heterocycles. The van der Waals surface area contributed by atoms with Gasteiger partial charge in [-0.3, -0.25) is 9.00 Å². The number of amides is 1.